The van der Waals surface area contributed by atoms with Crippen molar-refractivity contribution in [2.24, 2.45) is 0 Å². The average molecular weight is 432 g/mol. The van der Waals surface area contributed by atoms with E-state index >= 15 is 0 Å². The lowest BCUT2D eigenvalue weighted by molar-refractivity contribution is 0.309. The Morgan fingerprint density at radius 2 is 1.87 bits per heavy atom. The van der Waals surface area contributed by atoms with E-state index < -0.39 is 0 Å². The van der Waals surface area contributed by atoms with Gasteiger partial charge in [-0.2, -0.15) is 0 Å². The van der Waals surface area contributed by atoms with E-state index in [-0.39, 0.29) is 5.56 Å². The zero-order valence-corrected chi connectivity index (χ0v) is 18.1. The summed E-state index contributed by atoms with van der Waals surface area (Å²) in [6.45, 7) is 2.81. The summed E-state index contributed by atoms with van der Waals surface area (Å²) in [7, 11) is 0. The maximum atomic E-state index is 13.5. The van der Waals surface area contributed by atoms with Crippen LogP contribution < -0.4 is 10.3 Å². The molecule has 2 aromatic carbocycles. The molecular formula is C23H21N5O2S. The minimum Gasteiger partial charge on any atom is -0.494 e. The molecule has 5 aromatic rings. The molecule has 0 saturated heterocycles. The lowest BCUT2D eigenvalue weighted by Gasteiger charge is -2.12. The van der Waals surface area contributed by atoms with Crippen LogP contribution in [0.25, 0.3) is 33.5 Å². The maximum absolute atomic E-state index is 13.5. The van der Waals surface area contributed by atoms with Gasteiger partial charge in [-0.25, -0.2) is 19.5 Å². The Bertz CT molecular complexity index is 1460. The monoisotopic (exact) mass is 431 g/mol. The van der Waals surface area contributed by atoms with E-state index in [1.165, 1.54) is 11.8 Å². The molecule has 156 valence electrons. The highest BCUT2D eigenvalue weighted by Crippen LogP contribution is 2.24. The molecule has 0 saturated carbocycles. The summed E-state index contributed by atoms with van der Waals surface area (Å²) in [6, 6.07) is 15.3. The first kappa shape index (κ1) is 19.6. The molecule has 0 aliphatic heterocycles. The molecule has 0 spiro atoms. The van der Waals surface area contributed by atoms with Crippen LogP contribution in [0.2, 0.25) is 0 Å². The average Bonchev–Trinajstić information content (AvgIpc) is 3.19. The van der Waals surface area contributed by atoms with E-state index in [4.69, 9.17) is 9.72 Å². The van der Waals surface area contributed by atoms with Crippen molar-refractivity contribution in [1.82, 2.24) is 23.9 Å². The first-order valence-corrected chi connectivity index (χ1v) is 11.4. The summed E-state index contributed by atoms with van der Waals surface area (Å²) in [5.74, 6) is 1.30. The topological polar surface area (TPSA) is 74.3 Å². The second-order valence-electron chi connectivity index (χ2n) is 7.17. The number of benzene rings is 2. The fourth-order valence-corrected chi connectivity index (χ4v) is 3.95. The standard InChI is InChI=1S/C23H21N5O2S/c1-3-4-13-30-16-11-9-15(10-12-16)27-21(29)17-14-24-22(31-2)26-20(17)28-19-8-6-5-7-18(19)25-23(27)28/h5-12,14H,3-4,13H2,1-2H3. The van der Waals surface area contributed by atoms with Gasteiger partial charge in [-0.3, -0.25) is 9.20 Å². The molecular weight excluding hydrogens is 410 g/mol. The Morgan fingerprint density at radius 1 is 1.06 bits per heavy atom. The molecule has 8 heteroatoms. The van der Waals surface area contributed by atoms with E-state index in [1.807, 2.05) is 59.2 Å². The number of fused-ring (bicyclic) bond motifs is 5. The van der Waals surface area contributed by atoms with Crippen molar-refractivity contribution in [3.05, 3.63) is 65.1 Å². The fourth-order valence-electron chi connectivity index (χ4n) is 3.62. The van der Waals surface area contributed by atoms with Crippen LogP contribution in [-0.2, 0) is 0 Å². The first-order chi connectivity index (χ1) is 15.2. The normalized spacial score (nSPS) is 11.5. The van der Waals surface area contributed by atoms with Crippen molar-refractivity contribution in [2.45, 2.75) is 24.9 Å². The number of imidazole rings is 1. The third kappa shape index (κ3) is 3.33. The van der Waals surface area contributed by atoms with Gasteiger partial charge in [-0.15, -0.1) is 0 Å². The van der Waals surface area contributed by atoms with Crippen LogP contribution in [0.5, 0.6) is 5.75 Å². The van der Waals surface area contributed by atoms with Gasteiger partial charge in [0.1, 0.15) is 11.1 Å². The number of unbranched alkanes of at least 4 members (excludes halogenated alkanes) is 1. The third-order valence-electron chi connectivity index (χ3n) is 5.18. The molecule has 0 aliphatic carbocycles. The Labute approximate surface area is 182 Å². The molecule has 0 fully saturated rings. The lowest BCUT2D eigenvalue weighted by Crippen LogP contribution is -2.22. The highest BCUT2D eigenvalue weighted by Gasteiger charge is 2.18. The minimum atomic E-state index is -0.204. The third-order valence-corrected chi connectivity index (χ3v) is 5.74. The first-order valence-electron chi connectivity index (χ1n) is 10.2. The second kappa shape index (κ2) is 8.03. The molecule has 0 atom stereocenters. The highest BCUT2D eigenvalue weighted by molar-refractivity contribution is 7.98. The molecule has 3 aromatic heterocycles. The van der Waals surface area contributed by atoms with Crippen molar-refractivity contribution < 1.29 is 4.74 Å². The smallest absolute Gasteiger partial charge is 0.270 e. The predicted molar refractivity (Wildman–Crippen MR) is 124 cm³/mol. The number of thioether (sulfide) groups is 1. The van der Waals surface area contributed by atoms with Crippen LogP contribution in [0.1, 0.15) is 19.8 Å². The minimum absolute atomic E-state index is 0.204. The van der Waals surface area contributed by atoms with Crippen molar-refractivity contribution in [1.29, 1.82) is 0 Å². The van der Waals surface area contributed by atoms with Crippen molar-refractivity contribution in [3.8, 4) is 11.4 Å². The molecule has 0 amide bonds. The van der Waals surface area contributed by atoms with Crippen LogP contribution in [0.3, 0.4) is 0 Å². The van der Waals surface area contributed by atoms with Crippen molar-refractivity contribution >= 4 is 39.6 Å². The molecule has 31 heavy (non-hydrogen) atoms. The summed E-state index contributed by atoms with van der Waals surface area (Å²) in [4.78, 5) is 27.2. The van der Waals surface area contributed by atoms with Crippen LogP contribution in [0, 0.1) is 0 Å². The van der Waals surface area contributed by atoms with Crippen LogP contribution in [0.4, 0.5) is 0 Å². The number of hydrogen-bond acceptors (Lipinski definition) is 6. The molecule has 3 heterocycles. The quantitative estimate of drug-likeness (QED) is 0.224. The lowest BCUT2D eigenvalue weighted by atomic mass is 10.3. The van der Waals surface area contributed by atoms with Gasteiger partial charge < -0.3 is 4.74 Å². The van der Waals surface area contributed by atoms with Crippen LogP contribution in [-0.4, -0.2) is 36.8 Å². The predicted octanol–water partition coefficient (Wildman–Crippen LogP) is 4.48. The Balaban J connectivity index is 1.78. The van der Waals surface area contributed by atoms with E-state index in [2.05, 4.69) is 16.9 Å². The molecule has 0 unspecified atom stereocenters. The van der Waals surface area contributed by atoms with Gasteiger partial charge in [0.25, 0.3) is 5.56 Å². The zero-order valence-electron chi connectivity index (χ0n) is 17.3. The number of para-hydroxylation sites is 2. The van der Waals surface area contributed by atoms with E-state index in [9.17, 15) is 4.79 Å². The molecule has 7 nitrogen and oxygen atoms in total. The summed E-state index contributed by atoms with van der Waals surface area (Å²) in [5, 5.41) is 1.05. The maximum Gasteiger partial charge on any atom is 0.270 e. The van der Waals surface area contributed by atoms with Crippen molar-refractivity contribution in [3.63, 3.8) is 0 Å². The van der Waals surface area contributed by atoms with E-state index in [0.717, 1.165) is 29.6 Å². The Kier molecular flexibility index (Phi) is 5.07. The molecule has 0 radical (unpaired) electrons. The van der Waals surface area contributed by atoms with Gasteiger partial charge in [-0.05, 0) is 49.1 Å². The van der Waals surface area contributed by atoms with Crippen LogP contribution >= 0.6 is 11.8 Å². The number of nitrogens with zero attached hydrogens (tertiary/aromatic N) is 5. The highest BCUT2D eigenvalue weighted by atomic mass is 32.2. The summed E-state index contributed by atoms with van der Waals surface area (Å²) < 4.78 is 9.31. The molecule has 0 aliphatic rings. The van der Waals surface area contributed by atoms with Gasteiger partial charge in [0.15, 0.2) is 10.8 Å². The van der Waals surface area contributed by atoms with E-state index in [0.29, 0.717) is 34.3 Å². The number of hydrogen-bond donors (Lipinski definition) is 0. The Morgan fingerprint density at radius 3 is 2.65 bits per heavy atom. The SMILES string of the molecule is CCCCOc1ccc(-n2c(=O)c3cnc(SC)nc3n3c4ccccc4nc23)cc1. The number of rotatable bonds is 6. The molecule has 0 bridgehead atoms. The van der Waals surface area contributed by atoms with Gasteiger partial charge in [-0.1, -0.05) is 37.2 Å². The van der Waals surface area contributed by atoms with E-state index in [1.54, 1.807) is 10.8 Å². The summed E-state index contributed by atoms with van der Waals surface area (Å²) in [5.41, 5.74) is 2.76. The van der Waals surface area contributed by atoms with Gasteiger partial charge in [0, 0.05) is 6.20 Å². The summed E-state index contributed by atoms with van der Waals surface area (Å²) in [6.07, 6.45) is 5.60. The number of aromatic nitrogens is 5. The van der Waals surface area contributed by atoms with Gasteiger partial charge >= 0.3 is 0 Å². The Hall–Kier alpha value is -3.39. The van der Waals surface area contributed by atoms with Crippen LogP contribution in [0.15, 0.2) is 64.7 Å². The van der Waals surface area contributed by atoms with Gasteiger partial charge in [0.05, 0.1) is 23.3 Å². The molecule has 5 rings (SSSR count). The van der Waals surface area contributed by atoms with Gasteiger partial charge in [0.2, 0.25) is 5.78 Å². The zero-order chi connectivity index (χ0) is 21.4. The largest absolute Gasteiger partial charge is 0.494 e. The number of ether oxygens (including phenoxy) is 1. The second-order valence-corrected chi connectivity index (χ2v) is 7.94. The molecule has 0 N–H and O–H groups in total. The fraction of sp³-hybridized carbons (Fsp3) is 0.217. The van der Waals surface area contributed by atoms with Crippen molar-refractivity contribution in [2.75, 3.05) is 12.9 Å². The summed E-state index contributed by atoms with van der Waals surface area (Å²) >= 11 is 1.44.